The molecule has 0 heterocycles. The van der Waals surface area contributed by atoms with Gasteiger partial charge in [-0.25, -0.2) is 4.79 Å². The van der Waals surface area contributed by atoms with Gasteiger partial charge in [0.1, 0.15) is 0 Å². The second-order valence-corrected chi connectivity index (χ2v) is 9.60. The summed E-state index contributed by atoms with van der Waals surface area (Å²) >= 11 is 0. The van der Waals surface area contributed by atoms with Crippen LogP contribution >= 0.6 is 0 Å². The zero-order valence-corrected chi connectivity index (χ0v) is 19.3. The van der Waals surface area contributed by atoms with E-state index >= 15 is 0 Å². The molecule has 0 atom stereocenters. The first-order chi connectivity index (χ1) is 14.2. The van der Waals surface area contributed by atoms with Gasteiger partial charge in [0.2, 0.25) is 0 Å². The molecule has 0 radical (unpaired) electrons. The van der Waals surface area contributed by atoms with E-state index in [1.807, 2.05) is 12.1 Å². The first-order valence-corrected chi connectivity index (χ1v) is 11.0. The van der Waals surface area contributed by atoms with Gasteiger partial charge in [-0.15, -0.1) is 0 Å². The Hall–Kier alpha value is -2.55. The summed E-state index contributed by atoms with van der Waals surface area (Å²) in [5.74, 6) is -0.341. The minimum absolute atomic E-state index is 0.196. The Morgan fingerprint density at radius 1 is 0.967 bits per heavy atom. The van der Waals surface area contributed by atoms with Crippen molar-refractivity contribution in [2.75, 3.05) is 18.6 Å². The zero-order chi connectivity index (χ0) is 21.9. The fraction of sp³-hybridized carbons (Fsp3) is 0.444. The first-order valence-electron chi connectivity index (χ1n) is 11.0. The molecule has 30 heavy (non-hydrogen) atoms. The largest absolute Gasteiger partial charge is 0.466 e. The smallest absolute Gasteiger partial charge is 0.330 e. The van der Waals surface area contributed by atoms with E-state index in [0.29, 0.717) is 0 Å². The highest BCUT2D eigenvalue weighted by molar-refractivity contribution is 5.87. The molecule has 0 unspecified atom stereocenters. The Labute approximate surface area is 181 Å². The highest BCUT2D eigenvalue weighted by Crippen LogP contribution is 2.47. The van der Waals surface area contributed by atoms with Crippen molar-refractivity contribution in [2.45, 2.75) is 64.7 Å². The second kappa shape index (κ2) is 8.67. The van der Waals surface area contributed by atoms with Crippen LogP contribution in [0.1, 0.15) is 70.6 Å². The number of nitrogens with zero attached hydrogens (tertiary/aromatic N) is 1. The van der Waals surface area contributed by atoms with E-state index in [1.54, 1.807) is 6.08 Å². The zero-order valence-electron chi connectivity index (χ0n) is 19.3. The number of carbonyl (C=O) groups excluding carboxylic acids is 1. The molecular weight excluding hydrogens is 370 g/mol. The molecule has 1 aliphatic carbocycles. The number of ether oxygens (including phenoxy) is 1. The second-order valence-electron chi connectivity index (χ2n) is 9.60. The van der Waals surface area contributed by atoms with Gasteiger partial charge in [-0.2, -0.15) is 0 Å². The van der Waals surface area contributed by atoms with Crippen LogP contribution in [0.3, 0.4) is 0 Å². The molecule has 0 aromatic heterocycles. The van der Waals surface area contributed by atoms with E-state index < -0.39 is 0 Å². The minimum atomic E-state index is -0.341. The van der Waals surface area contributed by atoms with Gasteiger partial charge in [0, 0.05) is 24.0 Å². The maximum Gasteiger partial charge on any atom is 0.330 e. The monoisotopic (exact) mass is 405 g/mol. The van der Waals surface area contributed by atoms with Gasteiger partial charge in [0.25, 0.3) is 0 Å². The Morgan fingerprint density at radius 2 is 1.57 bits per heavy atom. The lowest BCUT2D eigenvalue weighted by molar-refractivity contribution is -0.134. The average molecular weight is 406 g/mol. The molecule has 1 aliphatic rings. The van der Waals surface area contributed by atoms with Crippen LogP contribution in [-0.4, -0.2) is 19.6 Å². The van der Waals surface area contributed by atoms with Crippen LogP contribution in [0.2, 0.25) is 0 Å². The standard InChI is InChI=1S/C27H35NO2/c1-7-18-28(21-11-8-20(9-12-21)10-15-25(29)30-6)22-13-14-23-24(19-22)27(4,5)17-16-26(23,2)3/h8-15,19H,7,16-18H2,1-6H3/b15-10+. The molecule has 0 spiro atoms. The molecule has 2 aromatic rings. The Morgan fingerprint density at radius 3 is 2.17 bits per heavy atom. The van der Waals surface area contributed by atoms with Gasteiger partial charge in [-0.05, 0) is 77.1 Å². The molecule has 0 amide bonds. The molecule has 0 N–H and O–H groups in total. The van der Waals surface area contributed by atoms with Crippen molar-refractivity contribution < 1.29 is 9.53 Å². The third-order valence-corrected chi connectivity index (χ3v) is 6.41. The number of fused-ring (bicyclic) bond motifs is 1. The van der Waals surface area contributed by atoms with Gasteiger partial charge < -0.3 is 9.64 Å². The summed E-state index contributed by atoms with van der Waals surface area (Å²) in [7, 11) is 1.39. The number of benzene rings is 2. The summed E-state index contributed by atoms with van der Waals surface area (Å²) in [6, 6.07) is 15.4. The minimum Gasteiger partial charge on any atom is -0.466 e. The molecule has 0 bridgehead atoms. The third kappa shape index (κ3) is 4.61. The molecular formula is C27H35NO2. The van der Waals surface area contributed by atoms with Crippen molar-refractivity contribution in [2.24, 2.45) is 0 Å². The lowest BCUT2D eigenvalue weighted by Crippen LogP contribution is -2.34. The predicted octanol–water partition coefficient (Wildman–Crippen LogP) is 6.77. The SMILES string of the molecule is CCCN(c1ccc(/C=C/C(=O)OC)cc1)c1ccc2c(c1)C(C)(C)CCC2(C)C. The van der Waals surface area contributed by atoms with Gasteiger partial charge in [-0.3, -0.25) is 0 Å². The average Bonchev–Trinajstić information content (AvgIpc) is 2.74. The lowest BCUT2D eigenvalue weighted by atomic mass is 9.63. The van der Waals surface area contributed by atoms with E-state index in [9.17, 15) is 4.79 Å². The maximum absolute atomic E-state index is 11.3. The Kier molecular flexibility index (Phi) is 6.40. The fourth-order valence-electron chi connectivity index (χ4n) is 4.37. The fourth-order valence-corrected chi connectivity index (χ4v) is 4.37. The molecule has 0 fully saturated rings. The van der Waals surface area contributed by atoms with Gasteiger partial charge in [-0.1, -0.05) is 52.8 Å². The summed E-state index contributed by atoms with van der Waals surface area (Å²) in [6.45, 7) is 12.6. The van der Waals surface area contributed by atoms with Gasteiger partial charge in [0.15, 0.2) is 0 Å². The summed E-state index contributed by atoms with van der Waals surface area (Å²) < 4.78 is 4.67. The van der Waals surface area contributed by atoms with E-state index in [1.165, 1.54) is 48.5 Å². The number of esters is 1. The number of hydrogen-bond donors (Lipinski definition) is 0. The third-order valence-electron chi connectivity index (χ3n) is 6.41. The first kappa shape index (κ1) is 22.1. The number of carbonyl (C=O) groups is 1. The van der Waals surface area contributed by atoms with Crippen LogP contribution in [0.5, 0.6) is 0 Å². The highest BCUT2D eigenvalue weighted by atomic mass is 16.5. The van der Waals surface area contributed by atoms with Crippen LogP contribution in [-0.2, 0) is 20.4 Å². The summed E-state index contributed by atoms with van der Waals surface area (Å²) in [5, 5.41) is 0. The lowest BCUT2D eigenvalue weighted by Gasteiger charge is -2.42. The van der Waals surface area contributed by atoms with E-state index in [-0.39, 0.29) is 16.8 Å². The molecule has 2 aromatic carbocycles. The molecule has 3 heteroatoms. The van der Waals surface area contributed by atoms with Crippen LogP contribution in [0.4, 0.5) is 11.4 Å². The van der Waals surface area contributed by atoms with Crippen molar-refractivity contribution in [1.82, 2.24) is 0 Å². The Bertz CT molecular complexity index is 922. The summed E-state index contributed by atoms with van der Waals surface area (Å²) in [5.41, 5.74) is 6.79. The van der Waals surface area contributed by atoms with E-state index in [2.05, 4.69) is 74.6 Å². The van der Waals surface area contributed by atoms with Crippen LogP contribution < -0.4 is 4.90 Å². The number of hydrogen-bond acceptors (Lipinski definition) is 3. The molecule has 3 rings (SSSR count). The van der Waals surface area contributed by atoms with Crippen molar-refractivity contribution in [3.8, 4) is 0 Å². The predicted molar refractivity (Wildman–Crippen MR) is 127 cm³/mol. The van der Waals surface area contributed by atoms with Gasteiger partial charge in [0.05, 0.1) is 7.11 Å². The van der Waals surface area contributed by atoms with Crippen molar-refractivity contribution >= 4 is 23.4 Å². The number of anilines is 2. The molecule has 0 aliphatic heterocycles. The number of methoxy groups -OCH3 is 1. The molecule has 3 nitrogen and oxygen atoms in total. The molecule has 160 valence electrons. The van der Waals surface area contributed by atoms with Crippen molar-refractivity contribution in [3.63, 3.8) is 0 Å². The number of rotatable bonds is 6. The van der Waals surface area contributed by atoms with E-state index in [4.69, 9.17) is 0 Å². The molecule has 0 saturated heterocycles. The van der Waals surface area contributed by atoms with E-state index in [0.717, 1.165) is 18.5 Å². The summed E-state index contributed by atoms with van der Waals surface area (Å²) in [6.07, 6.45) is 6.74. The van der Waals surface area contributed by atoms with Crippen LogP contribution in [0.15, 0.2) is 48.5 Å². The maximum atomic E-state index is 11.3. The van der Waals surface area contributed by atoms with Crippen molar-refractivity contribution in [3.05, 3.63) is 65.2 Å². The summed E-state index contributed by atoms with van der Waals surface area (Å²) in [4.78, 5) is 13.7. The van der Waals surface area contributed by atoms with Crippen LogP contribution in [0, 0.1) is 0 Å². The Balaban J connectivity index is 1.96. The molecule has 0 saturated carbocycles. The van der Waals surface area contributed by atoms with Crippen molar-refractivity contribution in [1.29, 1.82) is 0 Å². The normalized spacial score (nSPS) is 16.9. The van der Waals surface area contributed by atoms with Crippen LogP contribution in [0.25, 0.3) is 6.08 Å². The highest BCUT2D eigenvalue weighted by Gasteiger charge is 2.37. The van der Waals surface area contributed by atoms with Gasteiger partial charge >= 0.3 is 5.97 Å². The topological polar surface area (TPSA) is 29.5 Å². The quantitative estimate of drug-likeness (QED) is 0.392.